The molecule has 0 aromatic heterocycles. The molecule has 1 aliphatic heterocycles. The summed E-state index contributed by atoms with van der Waals surface area (Å²) in [5.74, 6) is 7.01. The van der Waals surface area contributed by atoms with Crippen LogP contribution in [0.2, 0.25) is 0 Å². The summed E-state index contributed by atoms with van der Waals surface area (Å²) in [7, 11) is 0. The Morgan fingerprint density at radius 2 is 2.27 bits per heavy atom. The minimum Gasteiger partial charge on any atom is -0.301 e. The number of hydrogen-bond acceptors (Lipinski definition) is 3. The van der Waals surface area contributed by atoms with Crippen LogP contribution in [0.3, 0.4) is 0 Å². The molecule has 0 aromatic carbocycles. The first kappa shape index (κ1) is 9.36. The van der Waals surface area contributed by atoms with Gasteiger partial charge in [0.25, 0.3) is 0 Å². The molecule has 0 radical (unpaired) electrons. The Balaban J connectivity index is 2.57. The van der Waals surface area contributed by atoms with Crippen LogP contribution >= 0.6 is 11.8 Å². The van der Waals surface area contributed by atoms with Crippen LogP contribution in [0.15, 0.2) is 0 Å². The highest BCUT2D eigenvalue weighted by Gasteiger charge is 2.38. The van der Waals surface area contributed by atoms with Crippen LogP contribution in [-0.2, 0) is 4.84 Å². The first-order valence-corrected chi connectivity index (χ1v) is 5.06. The van der Waals surface area contributed by atoms with Crippen LogP contribution in [0.25, 0.3) is 0 Å². The Labute approximate surface area is 72.8 Å². The molecule has 0 saturated carbocycles. The Kier molecular flexibility index (Phi) is 2.84. The van der Waals surface area contributed by atoms with Gasteiger partial charge >= 0.3 is 0 Å². The van der Waals surface area contributed by atoms with Gasteiger partial charge in [-0.1, -0.05) is 13.8 Å². The van der Waals surface area contributed by atoms with Crippen molar-refractivity contribution in [3.8, 4) is 0 Å². The highest BCUT2D eigenvalue weighted by Crippen LogP contribution is 2.44. The zero-order chi connectivity index (χ0) is 8.48. The summed E-state index contributed by atoms with van der Waals surface area (Å²) in [6.07, 6.45) is 1.43. The van der Waals surface area contributed by atoms with Crippen molar-refractivity contribution in [2.45, 2.75) is 38.0 Å². The van der Waals surface area contributed by atoms with E-state index < -0.39 is 0 Å². The van der Waals surface area contributed by atoms with Crippen LogP contribution in [0, 0.1) is 5.92 Å². The highest BCUT2D eigenvalue weighted by molar-refractivity contribution is 8.00. The molecule has 0 amide bonds. The molecule has 0 aliphatic carbocycles. The summed E-state index contributed by atoms with van der Waals surface area (Å²) in [5.41, 5.74) is 0. The van der Waals surface area contributed by atoms with E-state index in [1.807, 2.05) is 11.8 Å². The monoisotopic (exact) mass is 175 g/mol. The molecule has 2 unspecified atom stereocenters. The molecule has 1 aliphatic rings. The Bertz CT molecular complexity index is 138. The molecule has 66 valence electrons. The van der Waals surface area contributed by atoms with Crippen molar-refractivity contribution in [1.82, 2.24) is 0 Å². The van der Waals surface area contributed by atoms with Gasteiger partial charge in [0.1, 0.15) is 0 Å². The Morgan fingerprint density at radius 1 is 1.64 bits per heavy atom. The Hall–Kier alpha value is 0.270. The molecule has 11 heavy (non-hydrogen) atoms. The molecule has 1 saturated heterocycles. The molecule has 2 nitrogen and oxygen atoms in total. The quantitative estimate of drug-likeness (QED) is 0.650. The lowest BCUT2D eigenvalue weighted by molar-refractivity contribution is 0.0164. The van der Waals surface area contributed by atoms with Gasteiger partial charge in [0.2, 0.25) is 0 Å². The van der Waals surface area contributed by atoms with Gasteiger partial charge in [0, 0.05) is 10.7 Å². The molecule has 1 rings (SSSR count). The second kappa shape index (κ2) is 3.33. The van der Waals surface area contributed by atoms with Crippen LogP contribution in [0.1, 0.15) is 27.2 Å². The first-order chi connectivity index (χ1) is 5.08. The smallest absolute Gasteiger partial charge is 0.0800 e. The fourth-order valence-electron chi connectivity index (χ4n) is 1.80. The summed E-state index contributed by atoms with van der Waals surface area (Å²) < 4.78 is 0.346. The molecule has 1 fully saturated rings. The van der Waals surface area contributed by atoms with Gasteiger partial charge in [-0.05, 0) is 19.1 Å². The van der Waals surface area contributed by atoms with Crippen molar-refractivity contribution in [3.63, 3.8) is 0 Å². The lowest BCUT2D eigenvalue weighted by Gasteiger charge is -2.29. The summed E-state index contributed by atoms with van der Waals surface area (Å²) in [6, 6.07) is 0. The predicted molar refractivity (Wildman–Crippen MR) is 49.4 cm³/mol. The maximum atomic E-state index is 5.16. The second-order valence-electron chi connectivity index (χ2n) is 3.69. The van der Waals surface area contributed by atoms with Gasteiger partial charge in [0.15, 0.2) is 0 Å². The normalized spacial score (nSPS) is 32.2. The van der Waals surface area contributed by atoms with Crippen LogP contribution < -0.4 is 5.90 Å². The maximum Gasteiger partial charge on any atom is 0.0800 e. The first-order valence-electron chi connectivity index (χ1n) is 4.07. The third-order valence-corrected chi connectivity index (χ3v) is 4.06. The largest absolute Gasteiger partial charge is 0.301 e. The third kappa shape index (κ3) is 1.89. The second-order valence-corrected chi connectivity index (χ2v) is 5.44. The van der Waals surface area contributed by atoms with Crippen molar-refractivity contribution < 1.29 is 4.84 Å². The minimum atomic E-state index is 0.194. The zero-order valence-electron chi connectivity index (χ0n) is 7.46. The minimum absolute atomic E-state index is 0.194. The Morgan fingerprint density at radius 3 is 2.64 bits per heavy atom. The van der Waals surface area contributed by atoms with Gasteiger partial charge in [-0.3, -0.25) is 0 Å². The average Bonchev–Trinajstić information content (AvgIpc) is 2.28. The summed E-state index contributed by atoms with van der Waals surface area (Å²) in [4.78, 5) is 4.86. The van der Waals surface area contributed by atoms with E-state index in [4.69, 9.17) is 10.7 Å². The molecule has 2 atom stereocenters. The molecular weight excluding hydrogens is 158 g/mol. The molecular formula is C8H17NOS. The molecule has 2 N–H and O–H groups in total. The number of thioether (sulfide) groups is 1. The van der Waals surface area contributed by atoms with Crippen molar-refractivity contribution in [3.05, 3.63) is 0 Å². The van der Waals surface area contributed by atoms with E-state index in [-0.39, 0.29) is 6.10 Å². The van der Waals surface area contributed by atoms with E-state index in [2.05, 4.69) is 20.8 Å². The topological polar surface area (TPSA) is 35.2 Å². The maximum absolute atomic E-state index is 5.16. The van der Waals surface area contributed by atoms with E-state index in [9.17, 15) is 0 Å². The lowest BCUT2D eigenvalue weighted by atomic mass is 9.88. The number of nitrogens with two attached hydrogens (primary N) is 1. The summed E-state index contributed by atoms with van der Waals surface area (Å²) in [5, 5.41) is 0. The molecule has 0 spiro atoms. The van der Waals surface area contributed by atoms with Gasteiger partial charge in [-0.15, -0.1) is 0 Å². The van der Waals surface area contributed by atoms with E-state index >= 15 is 0 Å². The van der Waals surface area contributed by atoms with Crippen molar-refractivity contribution in [1.29, 1.82) is 0 Å². The van der Waals surface area contributed by atoms with Gasteiger partial charge in [-0.25, -0.2) is 5.90 Å². The van der Waals surface area contributed by atoms with Gasteiger partial charge in [-0.2, -0.15) is 11.8 Å². The molecule has 3 heteroatoms. The van der Waals surface area contributed by atoms with Crippen molar-refractivity contribution in [2.75, 3.05) is 5.75 Å². The van der Waals surface area contributed by atoms with Crippen LogP contribution in [-0.4, -0.2) is 16.6 Å². The lowest BCUT2D eigenvalue weighted by Crippen LogP contribution is -2.34. The fraction of sp³-hybridized carbons (Fsp3) is 1.00. The number of hydrogen-bond donors (Lipinski definition) is 1. The average molecular weight is 175 g/mol. The van der Waals surface area contributed by atoms with Gasteiger partial charge in [0.05, 0.1) is 6.10 Å². The van der Waals surface area contributed by atoms with E-state index in [1.165, 1.54) is 12.2 Å². The number of rotatable bonds is 2. The van der Waals surface area contributed by atoms with Crippen LogP contribution in [0.4, 0.5) is 0 Å². The SMILES string of the molecule is CC(ON)C1CCSC1(C)C. The molecule has 0 aromatic rings. The molecule has 1 heterocycles. The van der Waals surface area contributed by atoms with Crippen LogP contribution in [0.5, 0.6) is 0 Å². The van der Waals surface area contributed by atoms with Crippen molar-refractivity contribution >= 4 is 11.8 Å². The standard InChI is InChI=1S/C8H17NOS/c1-6(10-9)7-4-5-11-8(7,2)3/h6-7H,4-5,9H2,1-3H3. The molecule has 0 bridgehead atoms. The predicted octanol–water partition coefficient (Wildman–Crippen LogP) is 1.80. The third-order valence-electron chi connectivity index (χ3n) is 2.58. The van der Waals surface area contributed by atoms with Gasteiger partial charge < -0.3 is 4.84 Å². The van der Waals surface area contributed by atoms with Crippen molar-refractivity contribution in [2.24, 2.45) is 11.8 Å². The highest BCUT2D eigenvalue weighted by atomic mass is 32.2. The fourth-order valence-corrected chi connectivity index (χ4v) is 3.22. The van der Waals surface area contributed by atoms with E-state index in [0.717, 1.165) is 0 Å². The van der Waals surface area contributed by atoms with E-state index in [1.54, 1.807) is 0 Å². The van der Waals surface area contributed by atoms with E-state index in [0.29, 0.717) is 10.7 Å². The zero-order valence-corrected chi connectivity index (χ0v) is 8.28. The summed E-state index contributed by atoms with van der Waals surface area (Å²) in [6.45, 7) is 6.59. The summed E-state index contributed by atoms with van der Waals surface area (Å²) >= 11 is 2.02.